The monoisotopic (exact) mass is 259 g/mol. The molecule has 0 atom stereocenters. The number of carbonyl (C=O) groups excluding carboxylic acids is 1. The molecule has 0 unspecified atom stereocenters. The minimum absolute atomic E-state index is 0.101. The van der Waals surface area contributed by atoms with E-state index >= 15 is 0 Å². The van der Waals surface area contributed by atoms with Gasteiger partial charge in [0.25, 0.3) is 0 Å². The third-order valence-electron chi connectivity index (χ3n) is 3.23. The van der Waals surface area contributed by atoms with Gasteiger partial charge in [-0.3, -0.25) is 4.79 Å². The number of nitrogens with two attached hydrogens (primary N) is 1. The van der Waals surface area contributed by atoms with Crippen molar-refractivity contribution in [3.8, 4) is 0 Å². The van der Waals surface area contributed by atoms with Gasteiger partial charge in [0, 0.05) is 30.1 Å². The Morgan fingerprint density at radius 3 is 2.95 bits per heavy atom. The van der Waals surface area contributed by atoms with Crippen LogP contribution in [0, 0.1) is 0 Å². The molecule has 0 saturated heterocycles. The molecule has 0 spiro atoms. The fraction of sp³-hybridized carbons (Fsp3) is 0.400. The van der Waals surface area contributed by atoms with E-state index in [9.17, 15) is 4.79 Å². The molecule has 4 N–H and O–H groups in total. The first kappa shape index (κ1) is 13.6. The Kier molecular flexibility index (Phi) is 4.98. The summed E-state index contributed by atoms with van der Waals surface area (Å²) < 4.78 is 0. The fourth-order valence-electron chi connectivity index (χ4n) is 2.20. The highest BCUT2D eigenvalue weighted by atomic mass is 16.1. The lowest BCUT2D eigenvalue weighted by molar-refractivity contribution is -0.121. The molecule has 0 aliphatic heterocycles. The number of aromatic nitrogens is 1. The molecule has 1 aromatic carbocycles. The number of amides is 1. The van der Waals surface area contributed by atoms with Crippen molar-refractivity contribution in [3.63, 3.8) is 0 Å². The van der Waals surface area contributed by atoms with Crippen molar-refractivity contribution >= 4 is 16.8 Å². The number of hydrogen-bond donors (Lipinski definition) is 3. The van der Waals surface area contributed by atoms with Crippen LogP contribution in [0.25, 0.3) is 10.9 Å². The normalized spacial score (nSPS) is 10.8. The van der Waals surface area contributed by atoms with E-state index in [1.165, 1.54) is 16.5 Å². The summed E-state index contributed by atoms with van der Waals surface area (Å²) in [5.74, 6) is 0.101. The van der Waals surface area contributed by atoms with Crippen LogP contribution in [-0.2, 0) is 11.2 Å². The van der Waals surface area contributed by atoms with Gasteiger partial charge in [0.05, 0.1) is 0 Å². The predicted molar refractivity (Wildman–Crippen MR) is 77.9 cm³/mol. The Labute approximate surface area is 113 Å². The van der Waals surface area contributed by atoms with E-state index in [0.29, 0.717) is 13.0 Å². The van der Waals surface area contributed by atoms with Crippen molar-refractivity contribution in [2.24, 2.45) is 5.73 Å². The Morgan fingerprint density at radius 1 is 1.26 bits per heavy atom. The molecule has 0 saturated carbocycles. The van der Waals surface area contributed by atoms with Gasteiger partial charge in [-0.1, -0.05) is 18.2 Å². The molecule has 19 heavy (non-hydrogen) atoms. The summed E-state index contributed by atoms with van der Waals surface area (Å²) in [7, 11) is 0. The van der Waals surface area contributed by atoms with Gasteiger partial charge in [-0.25, -0.2) is 0 Å². The zero-order chi connectivity index (χ0) is 13.5. The number of hydrogen-bond acceptors (Lipinski definition) is 2. The Hall–Kier alpha value is -1.81. The van der Waals surface area contributed by atoms with Gasteiger partial charge in [0.15, 0.2) is 0 Å². The number of para-hydroxylation sites is 1. The van der Waals surface area contributed by atoms with Crippen LogP contribution in [0.1, 0.15) is 24.8 Å². The van der Waals surface area contributed by atoms with Crippen molar-refractivity contribution in [2.45, 2.75) is 25.7 Å². The van der Waals surface area contributed by atoms with Crippen molar-refractivity contribution in [2.75, 3.05) is 13.1 Å². The van der Waals surface area contributed by atoms with Gasteiger partial charge in [0.1, 0.15) is 0 Å². The number of aryl methyl sites for hydroxylation is 1. The molecular weight excluding hydrogens is 238 g/mol. The van der Waals surface area contributed by atoms with Gasteiger partial charge in [-0.2, -0.15) is 0 Å². The van der Waals surface area contributed by atoms with Crippen LogP contribution in [0.4, 0.5) is 0 Å². The van der Waals surface area contributed by atoms with Gasteiger partial charge < -0.3 is 16.0 Å². The van der Waals surface area contributed by atoms with E-state index in [4.69, 9.17) is 5.73 Å². The van der Waals surface area contributed by atoms with Crippen LogP contribution < -0.4 is 11.1 Å². The summed E-state index contributed by atoms with van der Waals surface area (Å²) in [4.78, 5) is 14.7. The van der Waals surface area contributed by atoms with E-state index in [1.807, 2.05) is 12.1 Å². The minimum Gasteiger partial charge on any atom is -0.361 e. The quantitative estimate of drug-likeness (QED) is 0.665. The van der Waals surface area contributed by atoms with Crippen molar-refractivity contribution in [1.82, 2.24) is 10.3 Å². The molecule has 0 fully saturated rings. The van der Waals surface area contributed by atoms with Crippen LogP contribution in [0.2, 0.25) is 0 Å². The van der Waals surface area contributed by atoms with Gasteiger partial charge in [-0.05, 0) is 37.4 Å². The van der Waals surface area contributed by atoms with Crippen LogP contribution in [0.5, 0.6) is 0 Å². The van der Waals surface area contributed by atoms with Crippen LogP contribution in [0.3, 0.4) is 0 Å². The molecule has 0 bridgehead atoms. The highest BCUT2D eigenvalue weighted by molar-refractivity contribution is 5.83. The summed E-state index contributed by atoms with van der Waals surface area (Å²) in [5.41, 5.74) is 7.85. The number of aromatic amines is 1. The summed E-state index contributed by atoms with van der Waals surface area (Å²) in [6, 6.07) is 8.28. The second-order valence-electron chi connectivity index (χ2n) is 4.71. The SMILES string of the molecule is NCCCC(=O)NCCCc1c[nH]c2ccccc12. The Balaban J connectivity index is 1.75. The maximum Gasteiger partial charge on any atom is 0.220 e. The van der Waals surface area contributed by atoms with Crippen LogP contribution in [-0.4, -0.2) is 24.0 Å². The highest BCUT2D eigenvalue weighted by Gasteiger charge is 2.03. The predicted octanol–water partition coefficient (Wildman–Crippen LogP) is 1.96. The molecule has 1 heterocycles. The topological polar surface area (TPSA) is 70.9 Å². The number of carbonyl (C=O) groups is 1. The Morgan fingerprint density at radius 2 is 2.11 bits per heavy atom. The summed E-state index contributed by atoms with van der Waals surface area (Å²) in [6.45, 7) is 1.30. The second-order valence-corrected chi connectivity index (χ2v) is 4.71. The molecule has 0 aliphatic rings. The average Bonchev–Trinajstić information content (AvgIpc) is 2.85. The van der Waals surface area contributed by atoms with E-state index in [-0.39, 0.29) is 5.91 Å². The summed E-state index contributed by atoms with van der Waals surface area (Å²) in [5, 5.41) is 4.20. The van der Waals surface area contributed by atoms with Crippen LogP contribution in [0.15, 0.2) is 30.5 Å². The number of fused-ring (bicyclic) bond motifs is 1. The number of H-pyrrole nitrogens is 1. The van der Waals surface area contributed by atoms with E-state index in [2.05, 4.69) is 28.6 Å². The molecule has 4 heteroatoms. The molecule has 2 aromatic rings. The van der Waals surface area contributed by atoms with E-state index in [0.717, 1.165) is 25.8 Å². The van der Waals surface area contributed by atoms with Crippen molar-refractivity contribution < 1.29 is 4.79 Å². The fourth-order valence-corrected chi connectivity index (χ4v) is 2.20. The summed E-state index contributed by atoms with van der Waals surface area (Å²) >= 11 is 0. The maximum atomic E-state index is 11.4. The van der Waals surface area contributed by atoms with Gasteiger partial charge >= 0.3 is 0 Å². The molecule has 1 amide bonds. The lowest BCUT2D eigenvalue weighted by Gasteiger charge is -2.04. The minimum atomic E-state index is 0.101. The molecule has 0 radical (unpaired) electrons. The number of nitrogens with one attached hydrogen (secondary N) is 2. The zero-order valence-electron chi connectivity index (χ0n) is 11.1. The first-order valence-corrected chi connectivity index (χ1v) is 6.83. The van der Waals surface area contributed by atoms with Crippen LogP contribution >= 0.6 is 0 Å². The number of benzene rings is 1. The molecule has 2 rings (SSSR count). The standard InChI is InChI=1S/C15H21N3O/c16-9-3-8-15(19)17-10-4-5-12-11-18-14-7-2-1-6-13(12)14/h1-2,6-7,11,18H,3-5,8-10,16H2,(H,17,19). The third-order valence-corrected chi connectivity index (χ3v) is 3.23. The number of rotatable bonds is 7. The second kappa shape index (κ2) is 6.95. The molecular formula is C15H21N3O. The van der Waals surface area contributed by atoms with Crippen molar-refractivity contribution in [3.05, 3.63) is 36.0 Å². The smallest absolute Gasteiger partial charge is 0.220 e. The van der Waals surface area contributed by atoms with Crippen molar-refractivity contribution in [1.29, 1.82) is 0 Å². The third kappa shape index (κ3) is 3.83. The maximum absolute atomic E-state index is 11.4. The largest absolute Gasteiger partial charge is 0.361 e. The molecule has 0 aliphatic carbocycles. The van der Waals surface area contributed by atoms with E-state index < -0.39 is 0 Å². The van der Waals surface area contributed by atoms with Gasteiger partial charge in [0.2, 0.25) is 5.91 Å². The first-order valence-electron chi connectivity index (χ1n) is 6.83. The zero-order valence-corrected chi connectivity index (χ0v) is 11.1. The summed E-state index contributed by atoms with van der Waals surface area (Å²) in [6.07, 6.45) is 5.27. The first-order chi connectivity index (χ1) is 9.31. The lowest BCUT2D eigenvalue weighted by Crippen LogP contribution is -2.25. The Bertz CT molecular complexity index is 533. The lowest BCUT2D eigenvalue weighted by atomic mass is 10.1. The molecule has 4 nitrogen and oxygen atoms in total. The molecule has 102 valence electrons. The average molecular weight is 259 g/mol. The van der Waals surface area contributed by atoms with Gasteiger partial charge in [-0.15, -0.1) is 0 Å². The molecule has 1 aromatic heterocycles. The highest BCUT2D eigenvalue weighted by Crippen LogP contribution is 2.18. The van der Waals surface area contributed by atoms with E-state index in [1.54, 1.807) is 0 Å².